The Balaban J connectivity index is 2.57. The van der Waals surface area contributed by atoms with Gasteiger partial charge in [0.15, 0.2) is 0 Å². The van der Waals surface area contributed by atoms with Crippen LogP contribution in [0.4, 0.5) is 0 Å². The second-order valence-corrected chi connectivity index (χ2v) is 5.12. The number of nitrogens with two attached hydrogens (primary N) is 1. The Morgan fingerprint density at radius 3 is 2.88 bits per heavy atom. The van der Waals surface area contributed by atoms with Gasteiger partial charge in [-0.2, -0.15) is 0 Å². The van der Waals surface area contributed by atoms with E-state index in [9.17, 15) is 4.79 Å². The van der Waals surface area contributed by atoms with Gasteiger partial charge in [-0.15, -0.1) is 0 Å². The maximum atomic E-state index is 12.0. The molecule has 0 aromatic carbocycles. The van der Waals surface area contributed by atoms with E-state index in [0.29, 0.717) is 5.92 Å². The molecule has 94 valence electrons. The quantitative estimate of drug-likeness (QED) is 0.665. The molecule has 4 N–H and O–H groups in total. The number of carbonyl (C=O) groups is 1. The molecular weight excluding hydrogens is 204 g/mol. The number of hydrogen-bond donors (Lipinski definition) is 3. The molecule has 1 rings (SSSR count). The lowest BCUT2D eigenvalue weighted by Gasteiger charge is -2.36. The van der Waals surface area contributed by atoms with E-state index in [-0.39, 0.29) is 18.6 Å². The third-order valence-electron chi connectivity index (χ3n) is 3.53. The van der Waals surface area contributed by atoms with Crippen molar-refractivity contribution in [3.63, 3.8) is 0 Å². The third kappa shape index (κ3) is 3.19. The van der Waals surface area contributed by atoms with Crippen molar-refractivity contribution in [3.05, 3.63) is 0 Å². The van der Waals surface area contributed by atoms with Crippen molar-refractivity contribution >= 4 is 5.91 Å². The summed E-state index contributed by atoms with van der Waals surface area (Å²) in [5.41, 5.74) is 5.44. The maximum Gasteiger partial charge on any atom is 0.240 e. The highest BCUT2D eigenvalue weighted by atomic mass is 16.3. The second-order valence-electron chi connectivity index (χ2n) is 5.12. The normalized spacial score (nSPS) is 32.1. The van der Waals surface area contributed by atoms with Crippen LogP contribution in [0.2, 0.25) is 0 Å². The van der Waals surface area contributed by atoms with Crippen molar-refractivity contribution < 1.29 is 9.90 Å². The molecule has 1 fully saturated rings. The molecule has 2 unspecified atom stereocenters. The Bertz CT molecular complexity index is 241. The zero-order chi connectivity index (χ0) is 12.2. The van der Waals surface area contributed by atoms with Crippen LogP contribution in [-0.2, 0) is 4.79 Å². The van der Waals surface area contributed by atoms with Gasteiger partial charge in [0.25, 0.3) is 0 Å². The number of rotatable bonds is 4. The van der Waals surface area contributed by atoms with Gasteiger partial charge in [0.2, 0.25) is 5.91 Å². The molecule has 1 amide bonds. The molecule has 1 saturated carbocycles. The minimum absolute atomic E-state index is 0.0200. The average Bonchev–Trinajstić information content (AvgIpc) is 2.25. The summed E-state index contributed by atoms with van der Waals surface area (Å²) in [6, 6.07) is -0.162. The highest BCUT2D eigenvalue weighted by Gasteiger charge is 2.38. The SMILES string of the molecule is CC[C@H](CO)NC(=O)C1(N)CCCC(C)C1. The molecule has 4 heteroatoms. The fourth-order valence-electron chi connectivity index (χ4n) is 2.40. The van der Waals surface area contributed by atoms with Gasteiger partial charge in [0.05, 0.1) is 18.2 Å². The van der Waals surface area contributed by atoms with E-state index in [4.69, 9.17) is 10.8 Å². The highest BCUT2D eigenvalue weighted by Crippen LogP contribution is 2.30. The van der Waals surface area contributed by atoms with Crippen molar-refractivity contribution in [1.29, 1.82) is 0 Å². The number of aliphatic hydroxyl groups is 1. The van der Waals surface area contributed by atoms with Crippen LogP contribution in [0.3, 0.4) is 0 Å². The van der Waals surface area contributed by atoms with Gasteiger partial charge in [0, 0.05) is 0 Å². The Hall–Kier alpha value is -0.610. The molecule has 16 heavy (non-hydrogen) atoms. The second kappa shape index (κ2) is 5.64. The van der Waals surface area contributed by atoms with E-state index >= 15 is 0 Å². The minimum Gasteiger partial charge on any atom is -0.394 e. The lowest BCUT2D eigenvalue weighted by Crippen LogP contribution is -2.58. The molecule has 0 aliphatic heterocycles. The molecular formula is C12H24N2O2. The molecule has 1 aliphatic rings. The van der Waals surface area contributed by atoms with Crippen LogP contribution in [0, 0.1) is 5.92 Å². The predicted octanol–water partition coefficient (Wildman–Crippen LogP) is 0.781. The van der Waals surface area contributed by atoms with Crippen molar-refractivity contribution in [3.8, 4) is 0 Å². The molecule has 1 aliphatic carbocycles. The summed E-state index contributed by atoms with van der Waals surface area (Å²) in [5, 5.41) is 11.9. The lowest BCUT2D eigenvalue weighted by molar-refractivity contribution is -0.129. The van der Waals surface area contributed by atoms with Crippen LogP contribution < -0.4 is 11.1 Å². The van der Waals surface area contributed by atoms with Crippen LogP contribution in [-0.4, -0.2) is 29.2 Å². The van der Waals surface area contributed by atoms with E-state index in [1.165, 1.54) is 0 Å². The topological polar surface area (TPSA) is 75.3 Å². The number of hydrogen-bond acceptors (Lipinski definition) is 3. The highest BCUT2D eigenvalue weighted by molar-refractivity contribution is 5.86. The van der Waals surface area contributed by atoms with Gasteiger partial charge >= 0.3 is 0 Å². The van der Waals surface area contributed by atoms with Crippen LogP contribution in [0.5, 0.6) is 0 Å². The minimum atomic E-state index is -0.722. The summed E-state index contributed by atoms with van der Waals surface area (Å²) >= 11 is 0. The largest absolute Gasteiger partial charge is 0.394 e. The summed E-state index contributed by atoms with van der Waals surface area (Å²) in [6.45, 7) is 4.05. The Labute approximate surface area is 97.6 Å². The number of carbonyl (C=O) groups excluding carboxylic acids is 1. The number of amides is 1. The molecule has 0 aromatic rings. The molecule has 0 saturated heterocycles. The van der Waals surface area contributed by atoms with Crippen molar-refractivity contribution in [2.24, 2.45) is 11.7 Å². The molecule has 0 radical (unpaired) electrons. The van der Waals surface area contributed by atoms with E-state index in [1.54, 1.807) is 0 Å². The molecule has 3 atom stereocenters. The third-order valence-corrected chi connectivity index (χ3v) is 3.53. The van der Waals surface area contributed by atoms with E-state index in [2.05, 4.69) is 12.2 Å². The Morgan fingerprint density at radius 2 is 2.38 bits per heavy atom. The monoisotopic (exact) mass is 228 g/mol. The summed E-state index contributed by atoms with van der Waals surface area (Å²) < 4.78 is 0. The Morgan fingerprint density at radius 1 is 1.69 bits per heavy atom. The smallest absolute Gasteiger partial charge is 0.240 e. The standard InChI is InChI=1S/C12H24N2O2/c1-3-10(8-15)14-11(16)12(13)6-4-5-9(2)7-12/h9-10,15H,3-8,13H2,1-2H3,(H,14,16)/t9?,10-,12?/m1/s1. The van der Waals surface area contributed by atoms with E-state index in [1.807, 2.05) is 6.92 Å². The van der Waals surface area contributed by atoms with Crippen molar-refractivity contribution in [2.75, 3.05) is 6.61 Å². The summed E-state index contributed by atoms with van der Waals surface area (Å²) in [6.07, 6.45) is 4.41. The van der Waals surface area contributed by atoms with Crippen LogP contribution >= 0.6 is 0 Å². The average molecular weight is 228 g/mol. The van der Waals surface area contributed by atoms with Crippen molar-refractivity contribution in [1.82, 2.24) is 5.32 Å². The molecule has 4 nitrogen and oxygen atoms in total. The van der Waals surface area contributed by atoms with Gasteiger partial charge in [-0.1, -0.05) is 26.7 Å². The van der Waals surface area contributed by atoms with Gasteiger partial charge in [0.1, 0.15) is 0 Å². The number of aliphatic hydroxyl groups excluding tert-OH is 1. The first-order valence-electron chi connectivity index (χ1n) is 6.22. The van der Waals surface area contributed by atoms with Crippen LogP contribution in [0.15, 0.2) is 0 Å². The van der Waals surface area contributed by atoms with Gasteiger partial charge in [-0.05, 0) is 25.2 Å². The van der Waals surface area contributed by atoms with E-state index in [0.717, 1.165) is 32.1 Å². The first kappa shape index (κ1) is 13.5. The summed E-state index contributed by atoms with van der Waals surface area (Å²) in [7, 11) is 0. The molecule has 0 bridgehead atoms. The van der Waals surface area contributed by atoms with Gasteiger partial charge in [-0.3, -0.25) is 4.79 Å². The van der Waals surface area contributed by atoms with Crippen LogP contribution in [0.25, 0.3) is 0 Å². The summed E-state index contributed by atoms with van der Waals surface area (Å²) in [5.74, 6) is 0.415. The fraction of sp³-hybridized carbons (Fsp3) is 0.917. The van der Waals surface area contributed by atoms with Gasteiger partial charge < -0.3 is 16.2 Å². The van der Waals surface area contributed by atoms with Crippen molar-refractivity contribution in [2.45, 2.75) is 57.5 Å². The fourth-order valence-corrected chi connectivity index (χ4v) is 2.40. The van der Waals surface area contributed by atoms with E-state index < -0.39 is 5.54 Å². The predicted molar refractivity (Wildman–Crippen MR) is 63.9 cm³/mol. The first-order valence-corrected chi connectivity index (χ1v) is 6.22. The summed E-state index contributed by atoms with van der Waals surface area (Å²) in [4.78, 5) is 12.0. The first-order chi connectivity index (χ1) is 7.51. The molecule has 0 aromatic heterocycles. The molecule has 0 spiro atoms. The maximum absolute atomic E-state index is 12.0. The van der Waals surface area contributed by atoms with Gasteiger partial charge in [-0.25, -0.2) is 0 Å². The zero-order valence-corrected chi connectivity index (χ0v) is 10.3. The number of nitrogens with one attached hydrogen (secondary N) is 1. The lowest BCUT2D eigenvalue weighted by atomic mass is 9.76. The molecule has 0 heterocycles. The Kier molecular flexibility index (Phi) is 4.74. The van der Waals surface area contributed by atoms with Crippen LogP contribution in [0.1, 0.15) is 46.0 Å². The zero-order valence-electron chi connectivity index (χ0n) is 10.3.